The molecular weight excluding hydrogens is 200 g/mol. The van der Waals surface area contributed by atoms with E-state index in [0.717, 1.165) is 16.5 Å². The Morgan fingerprint density at radius 2 is 2.12 bits per heavy atom. The number of carbonyl (C=O) groups is 1. The maximum absolute atomic E-state index is 12.1. The molecule has 0 amide bonds. The van der Waals surface area contributed by atoms with Gasteiger partial charge in [-0.15, -0.1) is 0 Å². The number of fused-ring (bicyclic) bond motifs is 1. The second kappa shape index (κ2) is 3.78. The Labute approximate surface area is 94.3 Å². The average Bonchev–Trinajstić information content (AvgIpc) is 2.67. The average molecular weight is 214 g/mol. The first-order chi connectivity index (χ1) is 7.84. The van der Waals surface area contributed by atoms with Crippen LogP contribution in [0.3, 0.4) is 0 Å². The minimum Gasteiger partial charge on any atom is -0.464 e. The molecule has 82 valence electrons. The van der Waals surface area contributed by atoms with Gasteiger partial charge >= 0.3 is 0 Å². The van der Waals surface area contributed by atoms with Gasteiger partial charge in [-0.3, -0.25) is 4.79 Å². The Hall–Kier alpha value is -1.57. The van der Waals surface area contributed by atoms with E-state index in [-0.39, 0.29) is 5.78 Å². The van der Waals surface area contributed by atoms with E-state index in [9.17, 15) is 4.79 Å². The molecule has 0 unspecified atom stereocenters. The molecule has 0 spiro atoms. The van der Waals surface area contributed by atoms with Crippen LogP contribution in [0.1, 0.15) is 36.0 Å². The number of ketones is 1. The van der Waals surface area contributed by atoms with Crippen LogP contribution in [0.2, 0.25) is 0 Å². The predicted octanol–water partition coefficient (Wildman–Crippen LogP) is 3.81. The molecule has 1 heterocycles. The van der Waals surface area contributed by atoms with Crippen molar-refractivity contribution in [1.29, 1.82) is 0 Å². The molecule has 16 heavy (non-hydrogen) atoms. The largest absolute Gasteiger partial charge is 0.464 e. The summed E-state index contributed by atoms with van der Waals surface area (Å²) in [4.78, 5) is 12.1. The second-order valence-electron chi connectivity index (χ2n) is 4.57. The van der Waals surface area contributed by atoms with E-state index in [1.807, 2.05) is 24.3 Å². The Morgan fingerprint density at radius 1 is 1.31 bits per heavy atom. The molecule has 2 nitrogen and oxygen atoms in total. The van der Waals surface area contributed by atoms with Gasteiger partial charge in [0, 0.05) is 11.8 Å². The van der Waals surface area contributed by atoms with Gasteiger partial charge in [0.2, 0.25) is 0 Å². The van der Waals surface area contributed by atoms with Crippen molar-refractivity contribution in [2.45, 2.75) is 25.7 Å². The van der Waals surface area contributed by atoms with Gasteiger partial charge in [0.15, 0.2) is 5.78 Å². The van der Waals surface area contributed by atoms with Crippen molar-refractivity contribution < 1.29 is 9.21 Å². The van der Waals surface area contributed by atoms with E-state index in [4.69, 9.17) is 4.42 Å². The van der Waals surface area contributed by atoms with Gasteiger partial charge in [-0.2, -0.15) is 0 Å². The van der Waals surface area contributed by atoms with Crippen molar-refractivity contribution in [1.82, 2.24) is 0 Å². The summed E-state index contributed by atoms with van der Waals surface area (Å²) in [7, 11) is 0. The Kier molecular flexibility index (Phi) is 2.28. The number of rotatable bonds is 3. The third kappa shape index (κ3) is 1.54. The summed E-state index contributed by atoms with van der Waals surface area (Å²) >= 11 is 0. The zero-order valence-electron chi connectivity index (χ0n) is 9.11. The van der Waals surface area contributed by atoms with Gasteiger partial charge in [0.05, 0.1) is 5.56 Å². The van der Waals surface area contributed by atoms with Crippen LogP contribution in [0.25, 0.3) is 11.0 Å². The summed E-state index contributed by atoms with van der Waals surface area (Å²) < 4.78 is 5.38. The molecule has 1 fully saturated rings. The maximum Gasteiger partial charge on any atom is 0.167 e. The van der Waals surface area contributed by atoms with Crippen LogP contribution in [-0.4, -0.2) is 5.78 Å². The molecule has 1 aromatic heterocycles. The van der Waals surface area contributed by atoms with E-state index in [1.165, 1.54) is 19.3 Å². The van der Waals surface area contributed by atoms with Gasteiger partial charge in [0.25, 0.3) is 0 Å². The molecule has 0 aliphatic heterocycles. The van der Waals surface area contributed by atoms with Crippen LogP contribution >= 0.6 is 0 Å². The lowest BCUT2D eigenvalue weighted by molar-refractivity contribution is 0.0937. The van der Waals surface area contributed by atoms with Crippen molar-refractivity contribution in [3.63, 3.8) is 0 Å². The van der Waals surface area contributed by atoms with Gasteiger partial charge in [-0.1, -0.05) is 37.5 Å². The summed E-state index contributed by atoms with van der Waals surface area (Å²) in [6.45, 7) is 0. The van der Waals surface area contributed by atoms with E-state index >= 15 is 0 Å². The molecule has 0 saturated heterocycles. The zero-order valence-corrected chi connectivity index (χ0v) is 9.11. The first-order valence-electron chi connectivity index (χ1n) is 5.84. The number of furan rings is 1. The maximum atomic E-state index is 12.1. The van der Waals surface area contributed by atoms with Gasteiger partial charge in [0.1, 0.15) is 11.8 Å². The number of carbonyl (C=O) groups excluding carboxylic acids is 1. The quantitative estimate of drug-likeness (QED) is 0.727. The summed E-state index contributed by atoms with van der Waals surface area (Å²) in [6, 6.07) is 7.71. The fourth-order valence-electron chi connectivity index (χ4n) is 2.26. The lowest BCUT2D eigenvalue weighted by atomic mass is 9.81. The van der Waals surface area contributed by atoms with E-state index < -0.39 is 0 Å². The molecule has 0 bridgehead atoms. The van der Waals surface area contributed by atoms with E-state index in [2.05, 4.69) is 0 Å². The highest BCUT2D eigenvalue weighted by Crippen LogP contribution is 2.32. The fourth-order valence-corrected chi connectivity index (χ4v) is 2.26. The van der Waals surface area contributed by atoms with Gasteiger partial charge in [-0.05, 0) is 12.0 Å². The molecule has 1 aliphatic carbocycles. The van der Waals surface area contributed by atoms with Crippen molar-refractivity contribution in [3.8, 4) is 0 Å². The molecule has 3 rings (SSSR count). The minimum atomic E-state index is 0.231. The van der Waals surface area contributed by atoms with Crippen molar-refractivity contribution in [2.24, 2.45) is 5.92 Å². The number of hydrogen-bond acceptors (Lipinski definition) is 2. The van der Waals surface area contributed by atoms with Crippen molar-refractivity contribution in [3.05, 3.63) is 36.1 Å². The SMILES string of the molecule is O=C(CC1CCC1)c1coc2ccccc12. The highest BCUT2D eigenvalue weighted by molar-refractivity contribution is 6.07. The standard InChI is InChI=1S/C14H14O2/c15-13(8-10-4-3-5-10)12-9-16-14-7-2-1-6-11(12)14/h1-2,6-7,9-10H,3-5,8H2. The van der Waals surface area contributed by atoms with Gasteiger partial charge in [-0.25, -0.2) is 0 Å². The summed E-state index contributed by atoms with van der Waals surface area (Å²) in [5.74, 6) is 0.843. The second-order valence-corrected chi connectivity index (χ2v) is 4.57. The van der Waals surface area contributed by atoms with Crippen molar-refractivity contribution >= 4 is 16.8 Å². The van der Waals surface area contributed by atoms with E-state index in [0.29, 0.717) is 12.3 Å². The zero-order chi connectivity index (χ0) is 11.0. The van der Waals surface area contributed by atoms with Crippen LogP contribution in [0.4, 0.5) is 0 Å². The van der Waals surface area contributed by atoms with Crippen molar-refractivity contribution in [2.75, 3.05) is 0 Å². The lowest BCUT2D eigenvalue weighted by Crippen LogP contribution is -2.15. The predicted molar refractivity (Wildman–Crippen MR) is 62.5 cm³/mol. The first kappa shape index (κ1) is 9.64. The molecule has 2 aromatic rings. The fraction of sp³-hybridized carbons (Fsp3) is 0.357. The Morgan fingerprint density at radius 3 is 2.88 bits per heavy atom. The number of para-hydroxylation sites is 1. The number of Topliss-reactive ketones (excluding diaryl/α,β-unsaturated/α-hetero) is 1. The Bertz CT molecular complexity index is 520. The topological polar surface area (TPSA) is 30.2 Å². The Balaban J connectivity index is 1.89. The highest BCUT2D eigenvalue weighted by atomic mass is 16.3. The molecule has 0 N–H and O–H groups in total. The smallest absolute Gasteiger partial charge is 0.167 e. The highest BCUT2D eigenvalue weighted by Gasteiger charge is 2.23. The molecular formula is C14H14O2. The third-order valence-corrected chi connectivity index (χ3v) is 3.48. The molecule has 2 heteroatoms. The van der Waals surface area contributed by atoms with Crippen LogP contribution in [0.5, 0.6) is 0 Å². The monoisotopic (exact) mass is 214 g/mol. The van der Waals surface area contributed by atoms with Crippen LogP contribution < -0.4 is 0 Å². The van der Waals surface area contributed by atoms with Crippen LogP contribution in [-0.2, 0) is 0 Å². The molecule has 0 radical (unpaired) electrons. The number of hydrogen-bond donors (Lipinski definition) is 0. The summed E-state index contributed by atoms with van der Waals surface area (Å²) in [5.41, 5.74) is 1.56. The van der Waals surface area contributed by atoms with Crippen LogP contribution in [0.15, 0.2) is 34.9 Å². The van der Waals surface area contributed by atoms with E-state index in [1.54, 1.807) is 6.26 Å². The normalized spacial score (nSPS) is 16.2. The first-order valence-corrected chi connectivity index (χ1v) is 5.84. The molecule has 0 atom stereocenters. The minimum absolute atomic E-state index is 0.231. The summed E-state index contributed by atoms with van der Waals surface area (Å²) in [6.07, 6.45) is 5.99. The summed E-state index contributed by atoms with van der Waals surface area (Å²) in [5, 5.41) is 0.951. The van der Waals surface area contributed by atoms with Gasteiger partial charge < -0.3 is 4.42 Å². The third-order valence-electron chi connectivity index (χ3n) is 3.48. The lowest BCUT2D eigenvalue weighted by Gasteiger charge is -2.24. The molecule has 1 saturated carbocycles. The van der Waals surface area contributed by atoms with Crippen LogP contribution in [0, 0.1) is 5.92 Å². The molecule has 1 aromatic carbocycles. The molecule has 1 aliphatic rings. The number of benzene rings is 1.